The maximum absolute atomic E-state index is 12.5. The number of carbonyl (C=O) groups excluding carboxylic acids is 4. The SMILES string of the molecule is C=C(NC(=O)c1csc(N2CCC(C(=O)NCCCOC(C)C)CC2)n1)C(=O)NC(=C)C(=O)OC. The number of thiazole rings is 1. The van der Waals surface area contributed by atoms with Crippen molar-refractivity contribution in [3.8, 4) is 0 Å². The van der Waals surface area contributed by atoms with E-state index in [4.69, 9.17) is 4.74 Å². The monoisotopic (exact) mass is 507 g/mol. The molecule has 0 radical (unpaired) electrons. The number of carbonyl (C=O) groups is 4. The Kier molecular flexibility index (Phi) is 10.9. The molecule has 0 bridgehead atoms. The molecule has 1 fully saturated rings. The first-order chi connectivity index (χ1) is 16.6. The summed E-state index contributed by atoms with van der Waals surface area (Å²) in [7, 11) is 1.15. The number of piperidine rings is 1. The van der Waals surface area contributed by atoms with Crippen molar-refractivity contribution in [3.63, 3.8) is 0 Å². The molecular weight excluding hydrogens is 474 g/mol. The van der Waals surface area contributed by atoms with E-state index in [0.717, 1.165) is 13.5 Å². The third-order valence-electron chi connectivity index (χ3n) is 5.17. The summed E-state index contributed by atoms with van der Waals surface area (Å²) in [6.45, 7) is 13.3. The minimum Gasteiger partial charge on any atom is -0.464 e. The molecule has 11 nitrogen and oxygen atoms in total. The van der Waals surface area contributed by atoms with Gasteiger partial charge < -0.3 is 30.3 Å². The molecule has 2 rings (SSSR count). The lowest BCUT2D eigenvalue weighted by Crippen LogP contribution is -2.41. The number of hydrogen-bond acceptors (Lipinski definition) is 9. The van der Waals surface area contributed by atoms with Gasteiger partial charge in [-0.3, -0.25) is 14.4 Å². The fraction of sp³-hybridized carbons (Fsp3) is 0.522. The summed E-state index contributed by atoms with van der Waals surface area (Å²) >= 11 is 1.30. The number of anilines is 1. The Balaban J connectivity index is 1.78. The zero-order valence-corrected chi connectivity index (χ0v) is 21.2. The predicted octanol–water partition coefficient (Wildman–Crippen LogP) is 1.34. The van der Waals surface area contributed by atoms with E-state index in [2.05, 4.69) is 38.8 Å². The van der Waals surface area contributed by atoms with Crippen LogP contribution in [0.2, 0.25) is 0 Å². The summed E-state index contributed by atoms with van der Waals surface area (Å²) in [5.41, 5.74) is -0.410. The van der Waals surface area contributed by atoms with Gasteiger partial charge in [0, 0.05) is 37.5 Å². The van der Waals surface area contributed by atoms with Gasteiger partial charge in [-0.05, 0) is 33.1 Å². The van der Waals surface area contributed by atoms with Crippen LogP contribution in [-0.4, -0.2) is 68.1 Å². The molecule has 2 heterocycles. The molecule has 0 unspecified atom stereocenters. The van der Waals surface area contributed by atoms with E-state index >= 15 is 0 Å². The number of nitrogens with one attached hydrogen (secondary N) is 3. The number of esters is 1. The molecule has 0 saturated carbocycles. The maximum Gasteiger partial charge on any atom is 0.353 e. The van der Waals surface area contributed by atoms with Crippen LogP contribution in [0.1, 0.15) is 43.6 Å². The molecule has 0 spiro atoms. The third-order valence-corrected chi connectivity index (χ3v) is 6.07. The summed E-state index contributed by atoms with van der Waals surface area (Å²) in [6, 6.07) is 0. The van der Waals surface area contributed by atoms with Crippen LogP contribution in [0.4, 0.5) is 5.13 Å². The van der Waals surface area contributed by atoms with Gasteiger partial charge >= 0.3 is 5.97 Å². The lowest BCUT2D eigenvalue weighted by molar-refractivity contribution is -0.137. The van der Waals surface area contributed by atoms with Crippen molar-refractivity contribution in [1.82, 2.24) is 20.9 Å². The van der Waals surface area contributed by atoms with E-state index in [1.54, 1.807) is 5.38 Å². The predicted molar refractivity (Wildman–Crippen MR) is 132 cm³/mol. The highest BCUT2D eigenvalue weighted by atomic mass is 32.1. The molecule has 3 N–H and O–H groups in total. The number of amides is 3. The minimum atomic E-state index is -0.806. The average molecular weight is 508 g/mol. The van der Waals surface area contributed by atoms with Gasteiger partial charge in [-0.1, -0.05) is 13.2 Å². The van der Waals surface area contributed by atoms with Crippen LogP contribution in [0.25, 0.3) is 0 Å². The largest absolute Gasteiger partial charge is 0.464 e. The van der Waals surface area contributed by atoms with Gasteiger partial charge in [-0.15, -0.1) is 11.3 Å². The fourth-order valence-electron chi connectivity index (χ4n) is 3.24. The zero-order chi connectivity index (χ0) is 26.0. The van der Waals surface area contributed by atoms with Crippen molar-refractivity contribution in [2.75, 3.05) is 38.3 Å². The molecule has 0 aromatic carbocycles. The lowest BCUT2D eigenvalue weighted by atomic mass is 9.96. The van der Waals surface area contributed by atoms with Crippen LogP contribution in [0.15, 0.2) is 29.9 Å². The smallest absolute Gasteiger partial charge is 0.353 e. The summed E-state index contributed by atoms with van der Waals surface area (Å²) in [5, 5.41) is 9.77. The Bertz CT molecular complexity index is 952. The Morgan fingerprint density at radius 1 is 1.17 bits per heavy atom. The maximum atomic E-state index is 12.5. The highest BCUT2D eigenvalue weighted by Gasteiger charge is 2.27. The summed E-state index contributed by atoms with van der Waals surface area (Å²) < 4.78 is 9.92. The van der Waals surface area contributed by atoms with Crippen LogP contribution in [0.3, 0.4) is 0 Å². The van der Waals surface area contributed by atoms with E-state index in [1.807, 2.05) is 18.7 Å². The van der Waals surface area contributed by atoms with E-state index in [9.17, 15) is 19.2 Å². The van der Waals surface area contributed by atoms with Gasteiger partial charge in [0.05, 0.1) is 18.9 Å². The van der Waals surface area contributed by atoms with Gasteiger partial charge in [0.25, 0.3) is 11.8 Å². The van der Waals surface area contributed by atoms with Crippen molar-refractivity contribution in [2.45, 2.75) is 39.2 Å². The van der Waals surface area contributed by atoms with Crippen LogP contribution in [0.5, 0.6) is 0 Å². The van der Waals surface area contributed by atoms with Gasteiger partial charge in [-0.25, -0.2) is 9.78 Å². The summed E-state index contributed by atoms with van der Waals surface area (Å²) in [4.78, 5) is 54.6. The highest BCUT2D eigenvalue weighted by Crippen LogP contribution is 2.26. The lowest BCUT2D eigenvalue weighted by Gasteiger charge is -2.31. The summed E-state index contributed by atoms with van der Waals surface area (Å²) in [5.74, 6) is -2.20. The molecule has 1 aliphatic heterocycles. The molecule has 192 valence electrons. The van der Waals surface area contributed by atoms with Crippen LogP contribution in [-0.2, 0) is 23.9 Å². The van der Waals surface area contributed by atoms with Crippen LogP contribution in [0, 0.1) is 5.92 Å². The van der Waals surface area contributed by atoms with Crippen molar-refractivity contribution >= 4 is 40.2 Å². The van der Waals surface area contributed by atoms with Crippen molar-refractivity contribution in [1.29, 1.82) is 0 Å². The number of hydrogen-bond donors (Lipinski definition) is 3. The Morgan fingerprint density at radius 2 is 1.86 bits per heavy atom. The second-order valence-electron chi connectivity index (χ2n) is 8.20. The molecule has 35 heavy (non-hydrogen) atoms. The number of nitrogens with zero attached hydrogens (tertiary/aromatic N) is 2. The Hall–Kier alpha value is -3.25. The molecule has 0 aliphatic carbocycles. The Labute approximate surface area is 208 Å². The van der Waals surface area contributed by atoms with Gasteiger partial charge in [-0.2, -0.15) is 0 Å². The van der Waals surface area contributed by atoms with Crippen molar-refractivity contribution < 1.29 is 28.7 Å². The quantitative estimate of drug-likeness (QED) is 0.219. The normalized spacial score (nSPS) is 13.8. The topological polar surface area (TPSA) is 139 Å². The average Bonchev–Trinajstić information content (AvgIpc) is 3.33. The first-order valence-electron chi connectivity index (χ1n) is 11.3. The number of methoxy groups -OCH3 is 1. The molecule has 0 atom stereocenters. The molecular formula is C23H33N5O6S. The fourth-order valence-corrected chi connectivity index (χ4v) is 4.10. The first kappa shape index (κ1) is 28.0. The standard InChI is InChI=1S/C23H33N5O6S/c1-14(2)34-12-6-9-24-20(30)17-7-10-28(11-8-17)23-27-18(13-35-23)21(31)25-15(3)19(29)26-16(4)22(32)33-5/h13-14,17H,3-4,6-12H2,1-2,5H3,(H,24,30)(H,25,31)(H,26,29). The Morgan fingerprint density at radius 3 is 2.49 bits per heavy atom. The molecule has 1 aromatic heterocycles. The van der Waals surface area contributed by atoms with E-state index in [0.29, 0.717) is 44.2 Å². The number of aromatic nitrogens is 1. The van der Waals surface area contributed by atoms with Gasteiger partial charge in [0.15, 0.2) is 5.13 Å². The number of rotatable bonds is 12. The molecule has 1 aromatic rings. The van der Waals surface area contributed by atoms with E-state index < -0.39 is 17.8 Å². The minimum absolute atomic E-state index is 0.0541. The van der Waals surface area contributed by atoms with Crippen LogP contribution >= 0.6 is 11.3 Å². The van der Waals surface area contributed by atoms with Gasteiger partial charge in [0.2, 0.25) is 5.91 Å². The first-order valence-corrected chi connectivity index (χ1v) is 12.2. The molecule has 12 heteroatoms. The van der Waals surface area contributed by atoms with Crippen LogP contribution < -0.4 is 20.9 Å². The second-order valence-corrected chi connectivity index (χ2v) is 9.03. The molecule has 3 amide bonds. The summed E-state index contributed by atoms with van der Waals surface area (Å²) in [6.07, 6.45) is 2.35. The van der Waals surface area contributed by atoms with Gasteiger partial charge in [0.1, 0.15) is 11.4 Å². The van der Waals surface area contributed by atoms with Crippen molar-refractivity contribution in [2.24, 2.45) is 5.92 Å². The zero-order valence-electron chi connectivity index (χ0n) is 20.3. The number of ether oxygens (including phenoxy) is 2. The molecule has 1 saturated heterocycles. The van der Waals surface area contributed by atoms with E-state index in [1.165, 1.54) is 11.3 Å². The van der Waals surface area contributed by atoms with Crippen molar-refractivity contribution in [3.05, 3.63) is 35.6 Å². The van der Waals surface area contributed by atoms with E-state index in [-0.39, 0.29) is 35.0 Å². The third kappa shape index (κ3) is 8.80. The highest BCUT2D eigenvalue weighted by molar-refractivity contribution is 7.13. The second kappa shape index (κ2) is 13.6. The molecule has 1 aliphatic rings.